The Morgan fingerprint density at radius 1 is 0.895 bits per heavy atom. The van der Waals surface area contributed by atoms with Crippen molar-refractivity contribution in [1.29, 1.82) is 0 Å². The summed E-state index contributed by atoms with van der Waals surface area (Å²) in [6.07, 6.45) is 3.96. The van der Waals surface area contributed by atoms with Crippen LogP contribution in [0.4, 0.5) is 22.9 Å². The summed E-state index contributed by atoms with van der Waals surface area (Å²) < 4.78 is 6.31. The van der Waals surface area contributed by atoms with Crippen molar-refractivity contribution in [1.82, 2.24) is 9.97 Å². The maximum atomic E-state index is 12.9. The maximum Gasteiger partial charge on any atom is 0.255 e. The molecule has 0 saturated heterocycles. The average molecular weight is 500 g/mol. The van der Waals surface area contributed by atoms with Crippen LogP contribution >= 0.6 is 0 Å². The fourth-order valence-electron chi connectivity index (χ4n) is 4.65. The largest absolute Gasteiger partial charge is 0.454 e. The van der Waals surface area contributed by atoms with Gasteiger partial charge in [-0.25, -0.2) is 9.97 Å². The minimum absolute atomic E-state index is 0.170. The lowest BCUT2D eigenvalue weighted by atomic mass is 10.1. The van der Waals surface area contributed by atoms with Crippen molar-refractivity contribution in [3.63, 3.8) is 0 Å². The maximum absolute atomic E-state index is 12.9. The summed E-state index contributed by atoms with van der Waals surface area (Å²) in [5, 5.41) is 5.07. The second kappa shape index (κ2) is 10.2. The van der Waals surface area contributed by atoms with Crippen LogP contribution in [0.25, 0.3) is 21.9 Å². The van der Waals surface area contributed by atoms with Crippen LogP contribution in [0.2, 0.25) is 0 Å². The van der Waals surface area contributed by atoms with Crippen LogP contribution in [-0.4, -0.2) is 22.4 Å². The number of hydrogen-bond acceptors (Lipinski definition) is 6. The van der Waals surface area contributed by atoms with Crippen LogP contribution in [0, 0.1) is 0 Å². The zero-order chi connectivity index (χ0) is 25.9. The van der Waals surface area contributed by atoms with Crippen LogP contribution in [0.15, 0.2) is 114 Å². The lowest BCUT2D eigenvalue weighted by Crippen LogP contribution is -2.14. The second-order valence-electron chi connectivity index (χ2n) is 8.90. The summed E-state index contributed by atoms with van der Waals surface area (Å²) in [6.45, 7) is 0.539. The van der Waals surface area contributed by atoms with Crippen LogP contribution in [0.5, 0.6) is 0 Å². The molecule has 2 aromatic heterocycles. The van der Waals surface area contributed by atoms with Gasteiger partial charge in [-0.3, -0.25) is 9.69 Å². The number of para-hydroxylation sites is 2. The molecule has 3 N–H and O–H groups in total. The number of carbonyl (C=O) groups is 1. The zero-order valence-electron chi connectivity index (χ0n) is 20.5. The van der Waals surface area contributed by atoms with Crippen molar-refractivity contribution in [3.8, 4) is 0 Å². The van der Waals surface area contributed by atoms with Gasteiger partial charge in [0.25, 0.3) is 5.91 Å². The number of nitrogens with two attached hydrogens (primary N) is 1. The first-order valence-electron chi connectivity index (χ1n) is 12.4. The molecule has 4 aromatic carbocycles. The normalized spacial score (nSPS) is 11.1. The topological polar surface area (TPSA) is 97.3 Å². The van der Waals surface area contributed by atoms with E-state index < -0.39 is 0 Å². The van der Waals surface area contributed by atoms with Gasteiger partial charge in [0.2, 0.25) is 0 Å². The molecule has 0 aliphatic carbocycles. The number of fused-ring (bicyclic) bond motifs is 3. The van der Waals surface area contributed by atoms with Crippen molar-refractivity contribution in [2.45, 2.75) is 6.42 Å². The molecule has 2 heterocycles. The lowest BCUT2D eigenvalue weighted by Gasteiger charge is -2.24. The van der Waals surface area contributed by atoms with Crippen molar-refractivity contribution >= 4 is 50.7 Å². The lowest BCUT2D eigenvalue weighted by molar-refractivity contribution is 0.102. The van der Waals surface area contributed by atoms with Gasteiger partial charge in [0, 0.05) is 33.9 Å². The summed E-state index contributed by atoms with van der Waals surface area (Å²) in [5.74, 6) is 0.526. The van der Waals surface area contributed by atoms with Crippen molar-refractivity contribution in [3.05, 3.63) is 121 Å². The van der Waals surface area contributed by atoms with E-state index in [1.54, 1.807) is 12.3 Å². The molecule has 0 atom stereocenters. The Morgan fingerprint density at radius 2 is 1.71 bits per heavy atom. The van der Waals surface area contributed by atoms with E-state index in [0.717, 1.165) is 45.3 Å². The van der Waals surface area contributed by atoms with E-state index in [2.05, 4.69) is 27.4 Å². The van der Waals surface area contributed by atoms with E-state index in [9.17, 15) is 4.79 Å². The summed E-state index contributed by atoms with van der Waals surface area (Å²) in [7, 11) is 0. The zero-order valence-corrected chi connectivity index (χ0v) is 20.5. The quantitative estimate of drug-likeness (QED) is 0.257. The smallest absolute Gasteiger partial charge is 0.255 e. The van der Waals surface area contributed by atoms with E-state index in [0.29, 0.717) is 23.6 Å². The van der Waals surface area contributed by atoms with Crippen molar-refractivity contribution in [2.24, 2.45) is 5.73 Å². The summed E-state index contributed by atoms with van der Waals surface area (Å²) in [4.78, 5) is 23.5. The predicted molar refractivity (Wildman–Crippen MR) is 151 cm³/mol. The van der Waals surface area contributed by atoms with Gasteiger partial charge in [0.1, 0.15) is 17.7 Å². The van der Waals surface area contributed by atoms with Crippen LogP contribution in [-0.2, 0) is 6.42 Å². The Morgan fingerprint density at radius 3 is 2.53 bits per heavy atom. The molecule has 0 spiro atoms. The number of nitrogens with one attached hydrogen (secondary N) is 1. The molecule has 0 bridgehead atoms. The molecular formula is C31H25N5O2. The molecule has 6 aromatic rings. The first kappa shape index (κ1) is 23.4. The van der Waals surface area contributed by atoms with Gasteiger partial charge in [-0.05, 0) is 73.1 Å². The molecule has 1 amide bonds. The van der Waals surface area contributed by atoms with Gasteiger partial charge < -0.3 is 15.5 Å². The Kier molecular flexibility index (Phi) is 6.25. The molecular weight excluding hydrogens is 474 g/mol. The Hall–Kier alpha value is -5.01. The number of anilines is 4. The van der Waals surface area contributed by atoms with Gasteiger partial charge >= 0.3 is 0 Å². The molecule has 6 rings (SSSR count). The number of amides is 1. The number of benzene rings is 4. The summed E-state index contributed by atoms with van der Waals surface area (Å²) in [6, 6.07) is 31.1. The van der Waals surface area contributed by atoms with Gasteiger partial charge in [0.05, 0.1) is 5.69 Å². The van der Waals surface area contributed by atoms with E-state index in [4.69, 9.17) is 10.2 Å². The average Bonchev–Trinajstić information content (AvgIpc) is 3.35. The first-order chi connectivity index (χ1) is 18.7. The van der Waals surface area contributed by atoms with Gasteiger partial charge in [-0.1, -0.05) is 42.5 Å². The Balaban J connectivity index is 1.36. The molecule has 7 heteroatoms. The first-order valence-corrected chi connectivity index (χ1v) is 12.4. The van der Waals surface area contributed by atoms with Gasteiger partial charge in [-0.15, -0.1) is 0 Å². The summed E-state index contributed by atoms with van der Waals surface area (Å²) >= 11 is 0. The number of furan rings is 1. The molecule has 0 fully saturated rings. The fraction of sp³-hybridized carbons (Fsp3) is 0.0645. The Labute approximate surface area is 219 Å². The third kappa shape index (κ3) is 4.47. The van der Waals surface area contributed by atoms with Crippen LogP contribution < -0.4 is 16.0 Å². The molecule has 7 nitrogen and oxygen atoms in total. The van der Waals surface area contributed by atoms with E-state index >= 15 is 0 Å². The summed E-state index contributed by atoms with van der Waals surface area (Å²) in [5.41, 5.74) is 11.3. The molecule has 0 aliphatic heterocycles. The molecule has 0 radical (unpaired) electrons. The molecule has 0 unspecified atom stereocenters. The molecule has 0 saturated carbocycles. The minimum atomic E-state index is -0.170. The third-order valence-electron chi connectivity index (χ3n) is 6.43. The number of aromatic nitrogens is 2. The second-order valence-corrected chi connectivity index (χ2v) is 8.90. The SMILES string of the molecule is NCCc1cccc(C(=O)Nc2ccc(N(c3ccncn3)c3cccc4c3oc3ccccc34)cc2)c1. The standard InChI is InChI=1S/C31H25N5O2/c32-17-15-21-5-3-6-22(19-21)31(37)35-23-11-13-24(14-12-23)36(29-16-18-33-20-34-29)27-9-4-8-26-25-7-1-2-10-28(25)38-30(26)27/h1-14,16,18-20H,15,17,32H2,(H,35,37). The van der Waals surface area contributed by atoms with Crippen molar-refractivity contribution in [2.75, 3.05) is 16.8 Å². The molecule has 186 valence electrons. The van der Waals surface area contributed by atoms with Crippen LogP contribution in [0.1, 0.15) is 15.9 Å². The highest BCUT2D eigenvalue weighted by Crippen LogP contribution is 2.41. The number of rotatable bonds is 7. The highest BCUT2D eigenvalue weighted by atomic mass is 16.3. The molecule has 38 heavy (non-hydrogen) atoms. The monoisotopic (exact) mass is 499 g/mol. The predicted octanol–water partition coefficient (Wildman–Crippen LogP) is 6.60. The molecule has 0 aliphatic rings. The minimum Gasteiger partial charge on any atom is -0.454 e. The fourth-order valence-corrected chi connectivity index (χ4v) is 4.65. The van der Waals surface area contributed by atoms with Gasteiger partial charge in [-0.2, -0.15) is 0 Å². The highest BCUT2D eigenvalue weighted by Gasteiger charge is 2.20. The number of nitrogens with zero attached hydrogens (tertiary/aromatic N) is 3. The van der Waals surface area contributed by atoms with E-state index in [-0.39, 0.29) is 5.91 Å². The Bertz CT molecular complexity index is 1730. The third-order valence-corrected chi connectivity index (χ3v) is 6.43. The van der Waals surface area contributed by atoms with E-state index in [1.807, 2.05) is 83.8 Å². The highest BCUT2D eigenvalue weighted by molar-refractivity contribution is 6.10. The van der Waals surface area contributed by atoms with E-state index in [1.165, 1.54) is 6.33 Å². The van der Waals surface area contributed by atoms with Gasteiger partial charge in [0.15, 0.2) is 5.58 Å². The number of hydrogen-bond donors (Lipinski definition) is 2. The number of carbonyl (C=O) groups excluding carboxylic acids is 1. The van der Waals surface area contributed by atoms with Crippen LogP contribution in [0.3, 0.4) is 0 Å². The van der Waals surface area contributed by atoms with Crippen molar-refractivity contribution < 1.29 is 9.21 Å².